The lowest BCUT2D eigenvalue weighted by molar-refractivity contribution is -0.128. The number of allylic oxidation sites excluding steroid dienone is 1. The maximum Gasteiger partial charge on any atom is 0.223 e. The van der Waals surface area contributed by atoms with Gasteiger partial charge in [0.1, 0.15) is 0 Å². The third-order valence-corrected chi connectivity index (χ3v) is 4.01. The normalized spacial score (nSPS) is 34.5. The topological polar surface area (TPSA) is 29.1 Å². The van der Waals surface area contributed by atoms with Crippen LogP contribution in [0.4, 0.5) is 0 Å². The summed E-state index contributed by atoms with van der Waals surface area (Å²) in [7, 11) is 0. The van der Waals surface area contributed by atoms with Gasteiger partial charge in [-0.3, -0.25) is 4.79 Å². The zero-order valence-corrected chi connectivity index (χ0v) is 10.5. The Hall–Kier alpha value is -0.790. The highest BCUT2D eigenvalue weighted by Gasteiger charge is 2.36. The van der Waals surface area contributed by atoms with Crippen molar-refractivity contribution in [3.63, 3.8) is 0 Å². The minimum atomic E-state index is 0.182. The highest BCUT2D eigenvalue weighted by molar-refractivity contribution is 5.80. The van der Waals surface area contributed by atoms with Crippen molar-refractivity contribution in [2.45, 2.75) is 52.0 Å². The fraction of sp³-hybridized carbons (Fsp3) is 0.786. The van der Waals surface area contributed by atoms with Crippen molar-refractivity contribution in [3.8, 4) is 0 Å². The zero-order chi connectivity index (χ0) is 11.7. The first-order valence-electron chi connectivity index (χ1n) is 6.53. The fourth-order valence-electron chi connectivity index (χ4n) is 2.80. The van der Waals surface area contributed by atoms with Gasteiger partial charge in [-0.1, -0.05) is 25.5 Å². The molecule has 0 aromatic heterocycles. The molecule has 0 heterocycles. The first-order valence-corrected chi connectivity index (χ1v) is 6.53. The molecular weight excluding hydrogens is 198 g/mol. The van der Waals surface area contributed by atoms with Gasteiger partial charge in [-0.25, -0.2) is 0 Å². The van der Waals surface area contributed by atoms with Crippen LogP contribution in [0.25, 0.3) is 0 Å². The first kappa shape index (κ1) is 11.7. The molecule has 0 saturated heterocycles. The third kappa shape index (κ3) is 2.66. The first-order chi connectivity index (χ1) is 7.58. The number of rotatable bonds is 3. The molecule has 1 N–H and O–H groups in total. The second kappa shape index (κ2) is 4.60. The lowest BCUT2D eigenvalue weighted by Gasteiger charge is -2.34. The number of nitrogens with one attached hydrogen (secondary N) is 1. The van der Waals surface area contributed by atoms with Gasteiger partial charge in [-0.2, -0.15) is 0 Å². The Kier molecular flexibility index (Phi) is 3.36. The Morgan fingerprint density at radius 2 is 1.88 bits per heavy atom. The number of amides is 1. The lowest BCUT2D eigenvalue weighted by atomic mass is 9.71. The van der Waals surface area contributed by atoms with Crippen LogP contribution < -0.4 is 5.32 Å². The molecule has 1 amide bonds. The van der Waals surface area contributed by atoms with Crippen molar-refractivity contribution in [1.29, 1.82) is 0 Å². The molecule has 2 rings (SSSR count). The molecule has 2 fully saturated rings. The van der Waals surface area contributed by atoms with Crippen LogP contribution in [0.15, 0.2) is 12.2 Å². The average molecular weight is 221 g/mol. The molecule has 90 valence electrons. The summed E-state index contributed by atoms with van der Waals surface area (Å²) in [6.45, 7) is 8.37. The van der Waals surface area contributed by atoms with Crippen LogP contribution >= 0.6 is 0 Å². The predicted octanol–water partition coefficient (Wildman–Crippen LogP) is 2.89. The van der Waals surface area contributed by atoms with Gasteiger partial charge in [0.25, 0.3) is 0 Å². The van der Waals surface area contributed by atoms with E-state index >= 15 is 0 Å². The van der Waals surface area contributed by atoms with Crippen LogP contribution in [0, 0.1) is 17.8 Å². The van der Waals surface area contributed by atoms with Crippen LogP contribution in [0.3, 0.4) is 0 Å². The van der Waals surface area contributed by atoms with Crippen molar-refractivity contribution >= 4 is 5.91 Å². The average Bonchev–Trinajstić information content (AvgIpc) is 3.01. The summed E-state index contributed by atoms with van der Waals surface area (Å²) in [6, 6.07) is 0.482. The van der Waals surface area contributed by atoms with Crippen LogP contribution in [-0.4, -0.2) is 11.9 Å². The van der Waals surface area contributed by atoms with Crippen LogP contribution in [0.2, 0.25) is 0 Å². The molecule has 0 aromatic rings. The Morgan fingerprint density at radius 1 is 1.19 bits per heavy atom. The minimum absolute atomic E-state index is 0.182. The molecule has 0 spiro atoms. The van der Waals surface area contributed by atoms with E-state index in [1.54, 1.807) is 0 Å². The van der Waals surface area contributed by atoms with E-state index in [9.17, 15) is 4.79 Å². The van der Waals surface area contributed by atoms with E-state index in [1.165, 1.54) is 24.8 Å². The van der Waals surface area contributed by atoms with Gasteiger partial charge in [-0.05, 0) is 44.4 Å². The summed E-state index contributed by atoms with van der Waals surface area (Å²) in [5, 5.41) is 3.15. The number of carbonyl (C=O) groups is 1. The fourth-order valence-corrected chi connectivity index (χ4v) is 2.80. The molecule has 3 unspecified atom stereocenters. The molecule has 2 aliphatic carbocycles. The molecule has 16 heavy (non-hydrogen) atoms. The lowest BCUT2D eigenvalue weighted by Crippen LogP contribution is -2.39. The minimum Gasteiger partial charge on any atom is -0.353 e. The summed E-state index contributed by atoms with van der Waals surface area (Å²) in [6.07, 6.45) is 5.76. The van der Waals surface area contributed by atoms with Crippen molar-refractivity contribution in [3.05, 3.63) is 12.2 Å². The van der Waals surface area contributed by atoms with Crippen LogP contribution in [0.1, 0.15) is 46.0 Å². The van der Waals surface area contributed by atoms with Gasteiger partial charge in [0.05, 0.1) is 0 Å². The molecule has 0 aromatic carbocycles. The maximum absolute atomic E-state index is 12.2. The van der Waals surface area contributed by atoms with Crippen molar-refractivity contribution in [1.82, 2.24) is 5.32 Å². The second-order valence-corrected chi connectivity index (χ2v) is 5.76. The Morgan fingerprint density at radius 3 is 2.44 bits per heavy atom. The van der Waals surface area contributed by atoms with E-state index in [1.807, 2.05) is 0 Å². The number of carbonyl (C=O) groups excluding carboxylic acids is 1. The Balaban J connectivity index is 2.00. The Bertz CT molecular complexity index is 293. The van der Waals surface area contributed by atoms with Gasteiger partial charge in [0, 0.05) is 12.0 Å². The SMILES string of the molecule is C=C(C)C1CCC(C)CC1C(=O)NC1CC1. The Labute approximate surface area is 98.5 Å². The van der Waals surface area contributed by atoms with Crippen molar-refractivity contribution < 1.29 is 4.79 Å². The van der Waals surface area contributed by atoms with E-state index in [0.717, 1.165) is 12.8 Å². The number of hydrogen-bond donors (Lipinski definition) is 1. The quantitative estimate of drug-likeness (QED) is 0.729. The van der Waals surface area contributed by atoms with Crippen molar-refractivity contribution in [2.24, 2.45) is 17.8 Å². The standard InChI is InChI=1S/C14H23NO/c1-9(2)12-7-4-10(3)8-13(12)14(16)15-11-5-6-11/h10-13H,1,4-8H2,2-3H3,(H,15,16). The summed E-state index contributed by atoms with van der Waals surface area (Å²) >= 11 is 0. The largest absolute Gasteiger partial charge is 0.353 e. The maximum atomic E-state index is 12.2. The van der Waals surface area contributed by atoms with E-state index in [0.29, 0.717) is 17.9 Å². The monoisotopic (exact) mass is 221 g/mol. The highest BCUT2D eigenvalue weighted by atomic mass is 16.2. The van der Waals surface area contributed by atoms with Crippen LogP contribution in [-0.2, 0) is 4.79 Å². The molecule has 2 heteroatoms. The summed E-state index contributed by atoms with van der Waals surface area (Å²) in [5.74, 6) is 1.56. The van der Waals surface area contributed by atoms with Gasteiger partial charge < -0.3 is 5.32 Å². The molecule has 0 aliphatic heterocycles. The third-order valence-electron chi connectivity index (χ3n) is 4.01. The molecule has 0 bridgehead atoms. The summed E-state index contributed by atoms with van der Waals surface area (Å²) in [4.78, 5) is 12.2. The number of hydrogen-bond acceptors (Lipinski definition) is 1. The predicted molar refractivity (Wildman–Crippen MR) is 66.0 cm³/mol. The zero-order valence-electron chi connectivity index (χ0n) is 10.5. The highest BCUT2D eigenvalue weighted by Crippen LogP contribution is 2.37. The molecular formula is C14H23NO. The molecule has 2 aliphatic rings. The van der Waals surface area contributed by atoms with E-state index in [-0.39, 0.29) is 11.8 Å². The molecule has 0 radical (unpaired) electrons. The van der Waals surface area contributed by atoms with Crippen LogP contribution in [0.5, 0.6) is 0 Å². The summed E-state index contributed by atoms with van der Waals surface area (Å²) in [5.41, 5.74) is 1.18. The molecule has 2 saturated carbocycles. The van der Waals surface area contributed by atoms with Gasteiger partial charge >= 0.3 is 0 Å². The molecule has 2 nitrogen and oxygen atoms in total. The van der Waals surface area contributed by atoms with Crippen molar-refractivity contribution in [2.75, 3.05) is 0 Å². The van der Waals surface area contributed by atoms with E-state index < -0.39 is 0 Å². The smallest absolute Gasteiger partial charge is 0.223 e. The van der Waals surface area contributed by atoms with Gasteiger partial charge in [-0.15, -0.1) is 0 Å². The second-order valence-electron chi connectivity index (χ2n) is 5.76. The van der Waals surface area contributed by atoms with Gasteiger partial charge in [0.2, 0.25) is 5.91 Å². The van der Waals surface area contributed by atoms with E-state index in [4.69, 9.17) is 0 Å². The summed E-state index contributed by atoms with van der Waals surface area (Å²) < 4.78 is 0. The van der Waals surface area contributed by atoms with E-state index in [2.05, 4.69) is 25.7 Å². The van der Waals surface area contributed by atoms with Gasteiger partial charge in [0.15, 0.2) is 0 Å². The molecule has 3 atom stereocenters.